The van der Waals surface area contributed by atoms with Crippen LogP contribution in [0.3, 0.4) is 0 Å². The van der Waals surface area contributed by atoms with E-state index in [0.717, 1.165) is 0 Å². The number of halogens is 1. The van der Waals surface area contributed by atoms with Crippen molar-refractivity contribution in [3.05, 3.63) is 24.0 Å². The van der Waals surface area contributed by atoms with Crippen molar-refractivity contribution in [2.45, 2.75) is 32.6 Å². The second-order valence-corrected chi connectivity index (χ2v) is 2.65. The molecule has 2 heteroatoms. The molecule has 1 rings (SSSR count). The lowest BCUT2D eigenvalue weighted by Gasteiger charge is -1.94. The molecule has 1 heterocycles. The molecule has 0 spiro atoms. The number of H-pyrrole nitrogens is 1. The molecule has 0 aliphatic heterocycles. The molecule has 64 valence electrons. The Bertz CT molecular complexity index is 158. The fourth-order valence-electron chi connectivity index (χ4n) is 1.09. The van der Waals surface area contributed by atoms with Gasteiger partial charge in [0.2, 0.25) is 0 Å². The largest absolute Gasteiger partial charge is 0.365 e. The summed E-state index contributed by atoms with van der Waals surface area (Å²) in [5.41, 5.74) is 1.37. The maximum Gasteiger partial charge on any atom is 0.0147 e. The quantitative estimate of drug-likeness (QED) is 0.674. The summed E-state index contributed by atoms with van der Waals surface area (Å²) in [6.07, 6.45) is 7.17. The molecule has 0 radical (unpaired) electrons. The molecular weight excluding hydrogens is 158 g/mol. The van der Waals surface area contributed by atoms with Gasteiger partial charge in [0, 0.05) is 11.9 Å². The van der Waals surface area contributed by atoms with Gasteiger partial charge in [0.05, 0.1) is 0 Å². The summed E-state index contributed by atoms with van der Waals surface area (Å²) in [4.78, 5) is 3.20. The number of nitrogens with one attached hydrogen (secondary N) is 1. The minimum absolute atomic E-state index is 0. The lowest BCUT2D eigenvalue weighted by molar-refractivity contribution is 0.709. The first-order valence-electron chi connectivity index (χ1n) is 4.05. The van der Waals surface area contributed by atoms with Gasteiger partial charge in [-0.25, -0.2) is 0 Å². The van der Waals surface area contributed by atoms with Crippen LogP contribution in [0.15, 0.2) is 18.3 Å². The minimum Gasteiger partial charge on any atom is -0.365 e. The van der Waals surface area contributed by atoms with Crippen LogP contribution in [0, 0.1) is 0 Å². The molecule has 0 saturated heterocycles. The van der Waals surface area contributed by atoms with Crippen molar-refractivity contribution >= 4 is 12.4 Å². The molecule has 0 fully saturated rings. The predicted octanol–water partition coefficient (Wildman–Crippen LogP) is 3.17. The summed E-state index contributed by atoms with van der Waals surface area (Å²) in [7, 11) is 0. The molecule has 0 saturated carbocycles. The molecule has 0 aliphatic rings. The standard InChI is InChI=1S/C9H15N.ClH/c1-2-3-4-6-9-7-5-8-10-9;/h5,7-8,10H,2-4,6H2,1H3;1H. The summed E-state index contributed by atoms with van der Waals surface area (Å²) in [6, 6.07) is 4.21. The molecule has 1 aromatic heterocycles. The fourth-order valence-corrected chi connectivity index (χ4v) is 1.09. The SMILES string of the molecule is CCCCCc1ccc[nH]1.Cl. The van der Waals surface area contributed by atoms with E-state index in [1.807, 2.05) is 6.20 Å². The third-order valence-electron chi connectivity index (χ3n) is 1.71. The van der Waals surface area contributed by atoms with Gasteiger partial charge < -0.3 is 4.98 Å². The van der Waals surface area contributed by atoms with Crippen LogP contribution in [-0.2, 0) is 6.42 Å². The third kappa shape index (κ3) is 4.10. The van der Waals surface area contributed by atoms with E-state index in [0.29, 0.717) is 0 Å². The maximum absolute atomic E-state index is 3.20. The van der Waals surface area contributed by atoms with E-state index in [2.05, 4.69) is 24.0 Å². The minimum atomic E-state index is 0. The number of hydrogen-bond acceptors (Lipinski definition) is 0. The molecule has 0 bridgehead atoms. The van der Waals surface area contributed by atoms with Gasteiger partial charge in [0.1, 0.15) is 0 Å². The Morgan fingerprint density at radius 1 is 1.36 bits per heavy atom. The van der Waals surface area contributed by atoms with Crippen molar-refractivity contribution < 1.29 is 0 Å². The Balaban J connectivity index is 0.000001000. The van der Waals surface area contributed by atoms with Crippen molar-refractivity contribution in [3.8, 4) is 0 Å². The highest BCUT2D eigenvalue weighted by Gasteiger charge is 1.90. The molecule has 0 amide bonds. The van der Waals surface area contributed by atoms with E-state index in [9.17, 15) is 0 Å². The smallest absolute Gasteiger partial charge is 0.0147 e. The highest BCUT2D eigenvalue weighted by Crippen LogP contribution is 2.02. The van der Waals surface area contributed by atoms with Gasteiger partial charge in [0.25, 0.3) is 0 Å². The zero-order valence-corrected chi connectivity index (χ0v) is 7.79. The van der Waals surface area contributed by atoms with Crippen LogP contribution in [0.25, 0.3) is 0 Å². The monoisotopic (exact) mass is 173 g/mol. The van der Waals surface area contributed by atoms with Gasteiger partial charge in [-0.2, -0.15) is 0 Å². The van der Waals surface area contributed by atoms with Crippen molar-refractivity contribution in [3.63, 3.8) is 0 Å². The first-order valence-corrected chi connectivity index (χ1v) is 4.05. The Morgan fingerprint density at radius 3 is 2.73 bits per heavy atom. The van der Waals surface area contributed by atoms with Crippen LogP contribution in [-0.4, -0.2) is 4.98 Å². The highest BCUT2D eigenvalue weighted by molar-refractivity contribution is 5.85. The highest BCUT2D eigenvalue weighted by atomic mass is 35.5. The second kappa shape index (κ2) is 6.29. The summed E-state index contributed by atoms with van der Waals surface area (Å²) in [5.74, 6) is 0. The molecule has 0 unspecified atom stereocenters. The molecular formula is C9H16ClN. The Kier molecular flexibility index (Phi) is 6.05. The number of unbranched alkanes of at least 4 members (excludes halogenated alkanes) is 2. The zero-order valence-electron chi connectivity index (χ0n) is 6.97. The number of aromatic nitrogens is 1. The molecule has 1 nitrogen and oxygen atoms in total. The van der Waals surface area contributed by atoms with Crippen LogP contribution in [0.2, 0.25) is 0 Å². The van der Waals surface area contributed by atoms with Gasteiger partial charge in [-0.1, -0.05) is 19.8 Å². The van der Waals surface area contributed by atoms with Crippen LogP contribution in [0.1, 0.15) is 31.9 Å². The molecule has 1 aromatic rings. The van der Waals surface area contributed by atoms with E-state index in [1.165, 1.54) is 31.4 Å². The number of hydrogen-bond donors (Lipinski definition) is 1. The number of aryl methyl sites for hydroxylation is 1. The third-order valence-corrected chi connectivity index (χ3v) is 1.71. The van der Waals surface area contributed by atoms with Gasteiger partial charge in [-0.05, 0) is 25.0 Å². The number of aromatic amines is 1. The van der Waals surface area contributed by atoms with Crippen molar-refractivity contribution in [1.82, 2.24) is 4.98 Å². The van der Waals surface area contributed by atoms with E-state index in [4.69, 9.17) is 0 Å². The van der Waals surface area contributed by atoms with Crippen LogP contribution in [0.5, 0.6) is 0 Å². The Labute approximate surface area is 74.6 Å². The van der Waals surface area contributed by atoms with Gasteiger partial charge in [0.15, 0.2) is 0 Å². The molecule has 0 atom stereocenters. The number of rotatable bonds is 4. The maximum atomic E-state index is 3.20. The molecule has 0 aliphatic carbocycles. The summed E-state index contributed by atoms with van der Waals surface area (Å²) in [6.45, 7) is 2.23. The predicted molar refractivity (Wildman–Crippen MR) is 51.3 cm³/mol. The van der Waals surface area contributed by atoms with E-state index < -0.39 is 0 Å². The lowest BCUT2D eigenvalue weighted by Crippen LogP contribution is -1.83. The van der Waals surface area contributed by atoms with Gasteiger partial charge in [-0.3, -0.25) is 0 Å². The van der Waals surface area contributed by atoms with Crippen LogP contribution in [0.4, 0.5) is 0 Å². The van der Waals surface area contributed by atoms with Crippen molar-refractivity contribution in [2.24, 2.45) is 0 Å². The first-order chi connectivity index (χ1) is 4.93. The van der Waals surface area contributed by atoms with Gasteiger partial charge >= 0.3 is 0 Å². The first kappa shape index (κ1) is 10.6. The van der Waals surface area contributed by atoms with Crippen molar-refractivity contribution in [2.75, 3.05) is 0 Å². The normalized spacial score (nSPS) is 9.18. The fraction of sp³-hybridized carbons (Fsp3) is 0.556. The molecule has 1 N–H and O–H groups in total. The zero-order chi connectivity index (χ0) is 7.23. The second-order valence-electron chi connectivity index (χ2n) is 2.65. The topological polar surface area (TPSA) is 15.8 Å². The summed E-state index contributed by atoms with van der Waals surface area (Å²) < 4.78 is 0. The average Bonchev–Trinajstić information content (AvgIpc) is 2.41. The van der Waals surface area contributed by atoms with Crippen molar-refractivity contribution in [1.29, 1.82) is 0 Å². The van der Waals surface area contributed by atoms with Crippen LogP contribution >= 0.6 is 12.4 Å². The van der Waals surface area contributed by atoms with Gasteiger partial charge in [-0.15, -0.1) is 12.4 Å². The van der Waals surface area contributed by atoms with Crippen LogP contribution < -0.4 is 0 Å². The lowest BCUT2D eigenvalue weighted by atomic mass is 10.2. The Hall–Kier alpha value is -0.430. The van der Waals surface area contributed by atoms with E-state index in [1.54, 1.807) is 0 Å². The Morgan fingerprint density at radius 2 is 2.18 bits per heavy atom. The molecule has 11 heavy (non-hydrogen) atoms. The van der Waals surface area contributed by atoms with E-state index >= 15 is 0 Å². The average molecular weight is 174 g/mol. The summed E-state index contributed by atoms with van der Waals surface area (Å²) in [5, 5.41) is 0. The van der Waals surface area contributed by atoms with E-state index in [-0.39, 0.29) is 12.4 Å². The summed E-state index contributed by atoms with van der Waals surface area (Å²) >= 11 is 0. The molecule has 0 aromatic carbocycles.